The Morgan fingerprint density at radius 3 is 1.23 bits per heavy atom. The number of halogens is 7. The smallest absolute Gasteiger partial charge is 0.423 e. The maximum atomic E-state index is 13.1. The van der Waals surface area contributed by atoms with Crippen LogP contribution in [0.1, 0.15) is 88.7 Å². The maximum absolute atomic E-state index is 13.1. The third-order valence-corrected chi connectivity index (χ3v) is 14.3. The number of nitrogens with two attached hydrogens (primary N) is 2. The Labute approximate surface area is 541 Å². The van der Waals surface area contributed by atoms with Crippen LogP contribution in [0.15, 0.2) is 158 Å². The largest absolute Gasteiger partial charge is 0.488 e. The van der Waals surface area contributed by atoms with Gasteiger partial charge in [0.05, 0.1) is 49.1 Å². The van der Waals surface area contributed by atoms with Gasteiger partial charge < -0.3 is 72.2 Å². The summed E-state index contributed by atoms with van der Waals surface area (Å²) in [6.45, 7) is 13.2. The molecule has 0 saturated heterocycles. The molecular weight excluding hydrogens is 1230 g/mol. The van der Waals surface area contributed by atoms with Crippen LogP contribution in [0.4, 0.5) is 61.2 Å². The molecule has 4 heterocycles. The van der Waals surface area contributed by atoms with Crippen LogP contribution in [0.3, 0.4) is 0 Å². The van der Waals surface area contributed by atoms with Crippen molar-refractivity contribution in [2.75, 3.05) is 45.9 Å². The van der Waals surface area contributed by atoms with Crippen molar-refractivity contribution >= 4 is 94.8 Å². The number of anilines is 6. The van der Waals surface area contributed by atoms with Gasteiger partial charge in [-0.25, -0.2) is 9.97 Å². The number of rotatable bonds is 20. The van der Waals surface area contributed by atoms with Crippen molar-refractivity contribution in [3.8, 4) is 22.3 Å². The van der Waals surface area contributed by atoms with Crippen molar-refractivity contribution < 1.29 is 56.7 Å². The Morgan fingerprint density at radius 2 is 0.860 bits per heavy atom. The molecule has 492 valence electrons. The number of nitrogens with one attached hydrogen (secondary N) is 4. The fraction of sp³-hybridized carbons (Fsp3) is 0.281. The number of benzene rings is 6. The van der Waals surface area contributed by atoms with Crippen molar-refractivity contribution in [1.29, 1.82) is 0 Å². The highest BCUT2D eigenvalue weighted by Crippen LogP contribution is 2.33. The standard InChI is InChI=1S/C26H29F3N6O.C25H31N7O.C7H6BF3O2.C6H8BNO2.ClH/c1-4-21(14-36)32-25-33-23(22-24(34-25)35(15-31-22)16(2)3)30-13-17-8-10-18(11-9-17)19-6-5-7-20(12-19)26(27,28)29;1-4-21(14-33)29-25-30-23(22-24(31-25)32(15-28-22)16(2)3)27-13-17-8-10-18(11-9-17)19-6-5-7-20(26)12-19;9-7(10,11)5-2-1-3-6(4-5)8(12)13;8-6-3-1-2-5(4-6)7(9)10;/h5-12,15-16,21,36H,4,13-14H2,1-3H3,(H2,30,32,33,34);5-12,15-16,21,33H,4,13-14,26H2,1-3H3,(H2,27,29,30,31);1-4,12-13H;1-4,9-10H,8H2;1H/t2*21-;;;/m11.../s1. The van der Waals surface area contributed by atoms with Gasteiger partial charge in [0, 0.05) is 36.5 Å². The Hall–Kier alpha value is -9.02. The molecule has 0 fully saturated rings. The number of imidazole rings is 2. The number of hydrogen-bond donors (Lipinski definition) is 12. The second-order valence-electron chi connectivity index (χ2n) is 21.8. The molecule has 10 aromatic rings. The van der Waals surface area contributed by atoms with Crippen molar-refractivity contribution in [1.82, 2.24) is 39.0 Å². The molecule has 0 amide bonds. The van der Waals surface area contributed by atoms with Gasteiger partial charge in [-0.3, -0.25) is 0 Å². The van der Waals surface area contributed by atoms with E-state index in [9.17, 15) is 36.6 Å². The highest BCUT2D eigenvalue weighted by atomic mass is 35.5. The highest BCUT2D eigenvalue weighted by Gasteiger charge is 2.32. The second kappa shape index (κ2) is 33.5. The monoisotopic (exact) mass is 1310 g/mol. The van der Waals surface area contributed by atoms with Gasteiger partial charge in [-0.2, -0.15) is 46.3 Å². The molecule has 0 bridgehead atoms. The molecule has 0 saturated carbocycles. The summed E-state index contributed by atoms with van der Waals surface area (Å²) in [6.07, 6.45) is -3.83. The molecule has 0 unspecified atom stereocenters. The third kappa shape index (κ3) is 20.5. The lowest BCUT2D eigenvalue weighted by molar-refractivity contribution is -0.138. The van der Waals surface area contributed by atoms with Gasteiger partial charge in [-0.05, 0) is 121 Å². The van der Waals surface area contributed by atoms with E-state index >= 15 is 0 Å². The topological polar surface area (TPSA) is 309 Å². The van der Waals surface area contributed by atoms with Gasteiger partial charge in [-0.1, -0.05) is 123 Å². The SMILES string of the molecule is CC[C@H](CO)Nc1nc(NCc2ccc(-c3cccc(C(F)(F)F)c3)cc2)c2ncn(C(C)C)c2n1.CC[C@H](CO)Nc1nc(NCc2ccc(-c3cccc(N)c3)cc2)c2ncn(C(C)C)c2n1.Cl.Nc1cccc(B(O)O)c1.OB(O)c1cccc(C(F)(F)F)c1. The zero-order chi connectivity index (χ0) is 66.9. The van der Waals surface area contributed by atoms with E-state index in [1.165, 1.54) is 18.2 Å². The normalized spacial score (nSPS) is 11.9. The number of nitrogens with zero attached hydrogens (tertiary/aromatic N) is 8. The molecule has 6 aromatic carbocycles. The lowest BCUT2D eigenvalue weighted by Crippen LogP contribution is -2.30. The molecule has 0 spiro atoms. The van der Waals surface area contributed by atoms with E-state index in [2.05, 4.69) is 95.4 Å². The molecule has 0 aliphatic heterocycles. The van der Waals surface area contributed by atoms with Gasteiger partial charge >= 0.3 is 26.6 Å². The average Bonchev–Trinajstić information content (AvgIpc) is 1.69. The molecule has 2 atom stereocenters. The van der Waals surface area contributed by atoms with Gasteiger partial charge in [0.1, 0.15) is 0 Å². The Morgan fingerprint density at radius 1 is 0.484 bits per heavy atom. The third-order valence-electron chi connectivity index (χ3n) is 14.3. The predicted molar refractivity (Wildman–Crippen MR) is 358 cm³/mol. The molecule has 10 rings (SSSR count). The number of nitrogen functional groups attached to an aromatic ring is 2. The number of alkyl halides is 6. The fourth-order valence-electron chi connectivity index (χ4n) is 9.07. The summed E-state index contributed by atoms with van der Waals surface area (Å²) in [5.74, 6) is 2.09. The first-order valence-corrected chi connectivity index (χ1v) is 29.5. The van der Waals surface area contributed by atoms with Crippen molar-refractivity contribution in [3.63, 3.8) is 0 Å². The van der Waals surface area contributed by atoms with Crippen LogP contribution < -0.4 is 43.7 Å². The molecule has 29 heteroatoms. The van der Waals surface area contributed by atoms with Gasteiger partial charge in [0.15, 0.2) is 34.0 Å². The number of aliphatic hydroxyl groups is 2. The molecule has 4 aromatic heterocycles. The van der Waals surface area contributed by atoms with E-state index in [0.717, 1.165) is 69.8 Å². The number of fused-ring (bicyclic) bond motifs is 2. The zero-order valence-corrected chi connectivity index (χ0v) is 52.6. The lowest BCUT2D eigenvalue weighted by Gasteiger charge is -2.16. The highest BCUT2D eigenvalue weighted by molar-refractivity contribution is 6.59. The Kier molecular flexibility index (Phi) is 26.3. The second-order valence-corrected chi connectivity index (χ2v) is 21.8. The molecule has 14 N–H and O–H groups in total. The number of aromatic nitrogens is 8. The van der Waals surface area contributed by atoms with Crippen LogP contribution in [0.25, 0.3) is 44.6 Å². The zero-order valence-electron chi connectivity index (χ0n) is 51.8. The van der Waals surface area contributed by atoms with Crippen LogP contribution in [-0.2, 0) is 25.4 Å². The summed E-state index contributed by atoms with van der Waals surface area (Å²) in [6, 6.07) is 39.3. The predicted octanol–water partition coefficient (Wildman–Crippen LogP) is 10.1. The summed E-state index contributed by atoms with van der Waals surface area (Å²) in [4.78, 5) is 27.6. The molecule has 0 aliphatic rings. The first-order valence-electron chi connectivity index (χ1n) is 29.5. The summed E-state index contributed by atoms with van der Waals surface area (Å²) in [5.41, 5.74) is 19.5. The lowest BCUT2D eigenvalue weighted by atomic mass is 9.79. The van der Waals surface area contributed by atoms with Crippen LogP contribution >= 0.6 is 12.4 Å². The minimum atomic E-state index is -4.45. The van der Waals surface area contributed by atoms with Crippen LogP contribution in [-0.4, -0.2) is 109 Å². The van der Waals surface area contributed by atoms with E-state index in [4.69, 9.17) is 31.6 Å². The van der Waals surface area contributed by atoms with Crippen LogP contribution in [0.2, 0.25) is 0 Å². The molecular formula is C64H75B2ClF6N14O6. The summed E-state index contributed by atoms with van der Waals surface area (Å²) < 4.78 is 79.4. The molecule has 0 radical (unpaired) electrons. The van der Waals surface area contributed by atoms with Gasteiger partial charge in [0.25, 0.3) is 0 Å². The van der Waals surface area contributed by atoms with Gasteiger partial charge in [0.2, 0.25) is 11.9 Å². The van der Waals surface area contributed by atoms with E-state index in [0.29, 0.717) is 82.6 Å². The molecule has 20 nitrogen and oxygen atoms in total. The first-order chi connectivity index (χ1) is 43.8. The van der Waals surface area contributed by atoms with E-state index in [-0.39, 0.29) is 55.3 Å². The number of hydrogen-bond acceptors (Lipinski definition) is 18. The minimum absolute atomic E-state index is 0. The van der Waals surface area contributed by atoms with E-state index < -0.39 is 37.7 Å². The first kappa shape index (κ1) is 73.0. The summed E-state index contributed by atoms with van der Waals surface area (Å²) in [5, 5.41) is 66.8. The number of aliphatic hydroxyl groups excluding tert-OH is 2. The average molecular weight is 1310 g/mol. The van der Waals surface area contributed by atoms with Gasteiger partial charge in [-0.15, -0.1) is 12.4 Å². The quantitative estimate of drug-likeness (QED) is 0.0192. The maximum Gasteiger partial charge on any atom is 0.488 e. The molecule has 93 heavy (non-hydrogen) atoms. The Balaban J connectivity index is 0.000000219. The van der Waals surface area contributed by atoms with Crippen molar-refractivity contribution in [3.05, 3.63) is 181 Å². The van der Waals surface area contributed by atoms with Crippen LogP contribution in [0.5, 0.6) is 0 Å². The molecule has 0 aliphatic carbocycles. The van der Waals surface area contributed by atoms with E-state index in [1.807, 2.05) is 67.2 Å². The van der Waals surface area contributed by atoms with Crippen LogP contribution in [0, 0.1) is 0 Å². The van der Waals surface area contributed by atoms with E-state index in [1.54, 1.807) is 49.1 Å². The minimum Gasteiger partial charge on any atom is -0.423 e. The van der Waals surface area contributed by atoms with Crippen molar-refractivity contribution in [2.45, 2.75) is 104 Å². The summed E-state index contributed by atoms with van der Waals surface area (Å²) in [7, 11) is -3.30. The van der Waals surface area contributed by atoms with Crippen molar-refractivity contribution in [2.24, 2.45) is 0 Å². The fourth-order valence-corrected chi connectivity index (χ4v) is 9.07. The Bertz CT molecular complexity index is 3970. The summed E-state index contributed by atoms with van der Waals surface area (Å²) >= 11 is 0.